The van der Waals surface area contributed by atoms with Crippen LogP contribution >= 0.6 is 11.3 Å². The monoisotopic (exact) mass is 408 g/mol. The number of para-hydroxylation sites is 2. The number of carbonyl (C=O) groups is 1. The van der Waals surface area contributed by atoms with E-state index in [0.717, 1.165) is 27.6 Å². The van der Waals surface area contributed by atoms with Gasteiger partial charge in [-0.2, -0.15) is 0 Å². The van der Waals surface area contributed by atoms with Crippen LogP contribution in [0, 0.1) is 6.92 Å². The predicted molar refractivity (Wildman–Crippen MR) is 116 cm³/mol. The van der Waals surface area contributed by atoms with Gasteiger partial charge >= 0.3 is 0 Å². The lowest BCUT2D eigenvalue weighted by Crippen LogP contribution is -2.24. The number of ether oxygens (including phenoxy) is 2. The lowest BCUT2D eigenvalue weighted by Gasteiger charge is -2.16. The van der Waals surface area contributed by atoms with Crippen LogP contribution in [0.1, 0.15) is 34.8 Å². The molecule has 6 heteroatoms. The quantitative estimate of drug-likeness (QED) is 0.537. The van der Waals surface area contributed by atoms with Gasteiger partial charge in [-0.3, -0.25) is 4.79 Å². The lowest BCUT2D eigenvalue weighted by molar-refractivity contribution is -0.117. The first-order valence-electron chi connectivity index (χ1n) is 9.31. The minimum absolute atomic E-state index is 0.178. The van der Waals surface area contributed by atoms with Crippen LogP contribution in [-0.2, 0) is 11.4 Å². The normalized spacial score (nSPS) is 12.0. The molecule has 0 aliphatic carbocycles. The number of nitrogens with zero attached hydrogens (tertiary/aromatic N) is 1. The molecule has 0 fully saturated rings. The molecule has 0 bridgehead atoms. The highest BCUT2D eigenvalue weighted by molar-refractivity contribution is 7.09. The van der Waals surface area contributed by atoms with Gasteiger partial charge in [0, 0.05) is 22.6 Å². The number of rotatable bonds is 8. The first kappa shape index (κ1) is 20.6. The van der Waals surface area contributed by atoms with E-state index in [1.165, 1.54) is 6.08 Å². The van der Waals surface area contributed by atoms with Crippen LogP contribution in [0.3, 0.4) is 0 Å². The van der Waals surface area contributed by atoms with Crippen LogP contribution in [-0.4, -0.2) is 18.0 Å². The van der Waals surface area contributed by atoms with Crippen LogP contribution in [0.2, 0.25) is 0 Å². The summed E-state index contributed by atoms with van der Waals surface area (Å²) in [4.78, 5) is 16.8. The van der Waals surface area contributed by atoms with Gasteiger partial charge in [0.2, 0.25) is 5.91 Å². The Kier molecular flexibility index (Phi) is 7.03. The topological polar surface area (TPSA) is 60.5 Å². The molecule has 1 amide bonds. The molecule has 2 aromatic carbocycles. The number of methoxy groups -OCH3 is 1. The van der Waals surface area contributed by atoms with Crippen molar-refractivity contribution in [3.8, 4) is 11.5 Å². The summed E-state index contributed by atoms with van der Waals surface area (Å²) < 4.78 is 11.3. The van der Waals surface area contributed by atoms with Crippen LogP contribution < -0.4 is 14.8 Å². The maximum Gasteiger partial charge on any atom is 0.244 e. The SMILES string of the molecule is COc1ccccc1C(C)NC(=O)C=Cc1ccccc1OCc1csc(C)n1. The number of thiazole rings is 1. The summed E-state index contributed by atoms with van der Waals surface area (Å²) in [5, 5.41) is 5.96. The van der Waals surface area contributed by atoms with Crippen molar-refractivity contribution in [2.45, 2.75) is 26.5 Å². The van der Waals surface area contributed by atoms with Crippen molar-refractivity contribution in [2.24, 2.45) is 0 Å². The first-order chi connectivity index (χ1) is 14.1. The summed E-state index contributed by atoms with van der Waals surface area (Å²) in [5.41, 5.74) is 2.66. The summed E-state index contributed by atoms with van der Waals surface area (Å²) in [6.07, 6.45) is 3.27. The van der Waals surface area contributed by atoms with Crippen LogP contribution in [0.5, 0.6) is 11.5 Å². The van der Waals surface area contributed by atoms with Gasteiger partial charge in [0.15, 0.2) is 0 Å². The third kappa shape index (κ3) is 5.68. The molecular formula is C23H24N2O3S. The fraction of sp³-hybridized carbons (Fsp3) is 0.217. The zero-order chi connectivity index (χ0) is 20.6. The van der Waals surface area contributed by atoms with E-state index < -0.39 is 0 Å². The van der Waals surface area contributed by atoms with Gasteiger partial charge in [-0.1, -0.05) is 36.4 Å². The Labute approximate surface area is 175 Å². The Bertz CT molecular complexity index is 997. The number of carbonyl (C=O) groups excluding carboxylic acids is 1. The van der Waals surface area contributed by atoms with Crippen LogP contribution in [0.15, 0.2) is 60.0 Å². The van der Waals surface area contributed by atoms with Crippen molar-refractivity contribution in [1.82, 2.24) is 10.3 Å². The summed E-state index contributed by atoms with van der Waals surface area (Å²) in [7, 11) is 1.62. The number of hydrogen-bond acceptors (Lipinski definition) is 5. The van der Waals surface area contributed by atoms with Gasteiger partial charge < -0.3 is 14.8 Å². The fourth-order valence-corrected chi connectivity index (χ4v) is 3.50. The molecule has 1 aromatic heterocycles. The maximum atomic E-state index is 12.4. The Morgan fingerprint density at radius 3 is 2.62 bits per heavy atom. The molecule has 3 rings (SSSR count). The second-order valence-corrected chi connectivity index (χ2v) is 7.55. The van der Waals surface area contributed by atoms with E-state index in [1.807, 2.05) is 67.8 Å². The summed E-state index contributed by atoms with van der Waals surface area (Å²) in [6, 6.07) is 15.1. The van der Waals surface area contributed by atoms with Crippen molar-refractivity contribution in [3.63, 3.8) is 0 Å². The molecule has 0 radical (unpaired) electrons. The van der Waals surface area contributed by atoms with Crippen molar-refractivity contribution in [2.75, 3.05) is 7.11 Å². The maximum absolute atomic E-state index is 12.4. The number of nitrogens with one attached hydrogen (secondary N) is 1. The molecule has 0 saturated heterocycles. The Balaban J connectivity index is 1.64. The molecule has 29 heavy (non-hydrogen) atoms. The van der Waals surface area contributed by atoms with Crippen molar-refractivity contribution in [3.05, 3.63) is 81.8 Å². The zero-order valence-corrected chi connectivity index (χ0v) is 17.5. The highest BCUT2D eigenvalue weighted by Crippen LogP contribution is 2.24. The molecular weight excluding hydrogens is 384 g/mol. The largest absolute Gasteiger partial charge is 0.496 e. The van der Waals surface area contributed by atoms with Gasteiger partial charge in [0.1, 0.15) is 18.1 Å². The highest BCUT2D eigenvalue weighted by Gasteiger charge is 2.12. The van der Waals surface area contributed by atoms with E-state index in [9.17, 15) is 4.79 Å². The van der Waals surface area contributed by atoms with E-state index >= 15 is 0 Å². The van der Waals surface area contributed by atoms with Crippen LogP contribution in [0.4, 0.5) is 0 Å². The van der Waals surface area contributed by atoms with E-state index in [-0.39, 0.29) is 11.9 Å². The predicted octanol–water partition coefficient (Wildman–Crippen LogP) is 4.93. The molecule has 0 aliphatic rings. The summed E-state index contributed by atoms with van der Waals surface area (Å²) in [5.74, 6) is 1.27. The van der Waals surface area contributed by atoms with Crippen molar-refractivity contribution < 1.29 is 14.3 Å². The molecule has 1 N–H and O–H groups in total. The van der Waals surface area contributed by atoms with Gasteiger partial charge in [0.25, 0.3) is 0 Å². The van der Waals surface area contributed by atoms with Crippen LogP contribution in [0.25, 0.3) is 6.08 Å². The van der Waals surface area contributed by atoms with Gasteiger partial charge in [-0.25, -0.2) is 4.98 Å². The van der Waals surface area contributed by atoms with Gasteiger partial charge in [-0.15, -0.1) is 11.3 Å². The molecule has 1 atom stereocenters. The fourth-order valence-electron chi connectivity index (χ4n) is 2.90. The van der Waals surface area contributed by atoms with E-state index in [4.69, 9.17) is 9.47 Å². The molecule has 150 valence electrons. The third-order valence-electron chi connectivity index (χ3n) is 4.34. The standard InChI is InChI=1S/C23H24N2O3S/c1-16(20-9-5-7-11-22(20)27-3)24-23(26)13-12-18-8-4-6-10-21(18)28-14-19-15-29-17(2)25-19/h4-13,15-16H,14H2,1-3H3,(H,24,26). The third-order valence-corrected chi connectivity index (χ3v) is 5.16. The van der Waals surface area contributed by atoms with E-state index in [1.54, 1.807) is 24.5 Å². The average Bonchev–Trinajstić information content (AvgIpc) is 3.16. The number of hydrogen-bond donors (Lipinski definition) is 1. The number of aryl methyl sites for hydroxylation is 1. The number of amides is 1. The molecule has 5 nitrogen and oxygen atoms in total. The minimum Gasteiger partial charge on any atom is -0.496 e. The first-order valence-corrected chi connectivity index (χ1v) is 10.2. The minimum atomic E-state index is -0.187. The number of benzene rings is 2. The molecule has 0 aliphatic heterocycles. The molecule has 3 aromatic rings. The molecule has 0 spiro atoms. The zero-order valence-electron chi connectivity index (χ0n) is 16.7. The molecule has 1 heterocycles. The molecule has 0 saturated carbocycles. The van der Waals surface area contributed by atoms with Crippen molar-refractivity contribution >= 4 is 23.3 Å². The van der Waals surface area contributed by atoms with Gasteiger partial charge in [0.05, 0.1) is 23.9 Å². The van der Waals surface area contributed by atoms with E-state index in [0.29, 0.717) is 12.4 Å². The Morgan fingerprint density at radius 1 is 1.17 bits per heavy atom. The average molecular weight is 409 g/mol. The Hall–Kier alpha value is -3.12. The summed E-state index contributed by atoms with van der Waals surface area (Å²) >= 11 is 1.60. The second-order valence-electron chi connectivity index (χ2n) is 6.49. The second kappa shape index (κ2) is 9.89. The van der Waals surface area contributed by atoms with E-state index in [2.05, 4.69) is 10.3 Å². The Morgan fingerprint density at radius 2 is 1.90 bits per heavy atom. The lowest BCUT2D eigenvalue weighted by atomic mass is 10.1. The highest BCUT2D eigenvalue weighted by atomic mass is 32.1. The smallest absolute Gasteiger partial charge is 0.244 e. The van der Waals surface area contributed by atoms with Crippen molar-refractivity contribution in [1.29, 1.82) is 0 Å². The summed E-state index contributed by atoms with van der Waals surface area (Å²) in [6.45, 7) is 4.29. The number of aromatic nitrogens is 1. The molecule has 1 unspecified atom stereocenters. The van der Waals surface area contributed by atoms with Gasteiger partial charge in [-0.05, 0) is 32.1 Å².